The van der Waals surface area contributed by atoms with Crippen LogP contribution in [0.15, 0.2) is 85.1 Å². The summed E-state index contributed by atoms with van der Waals surface area (Å²) in [5.74, 6) is -0.988. The molecular weight excluding hydrogens is 853 g/mol. The summed E-state index contributed by atoms with van der Waals surface area (Å²) < 4.78 is 16.7. The van der Waals surface area contributed by atoms with Crippen LogP contribution in [0.4, 0.5) is 0 Å². The van der Waals surface area contributed by atoms with Gasteiger partial charge in [-0.05, 0) is 83.5 Å². The lowest BCUT2D eigenvalue weighted by Gasteiger charge is -2.18. The Morgan fingerprint density at radius 3 is 0.942 bits per heavy atom. The zero-order chi connectivity index (χ0) is 50.0. The van der Waals surface area contributed by atoms with E-state index in [1.54, 1.807) is 0 Å². The van der Waals surface area contributed by atoms with Crippen LogP contribution in [0, 0.1) is 0 Å². The lowest BCUT2D eigenvalue weighted by atomic mass is 10.0. The lowest BCUT2D eigenvalue weighted by Crippen LogP contribution is -2.30. The smallest absolute Gasteiger partial charge is 0.306 e. The van der Waals surface area contributed by atoms with Gasteiger partial charge in [0.05, 0.1) is 0 Å². The second kappa shape index (κ2) is 57.2. The highest BCUT2D eigenvalue weighted by molar-refractivity contribution is 5.71. The molecular formula is C63H108O6. The number of hydrogen-bond donors (Lipinski definition) is 0. The maximum absolute atomic E-state index is 12.8. The third kappa shape index (κ3) is 55.4. The van der Waals surface area contributed by atoms with Crippen molar-refractivity contribution in [3.8, 4) is 0 Å². The van der Waals surface area contributed by atoms with Crippen molar-refractivity contribution >= 4 is 17.9 Å². The number of carbonyl (C=O) groups excluding carboxylic acids is 3. The minimum absolute atomic E-state index is 0.105. The zero-order valence-corrected chi connectivity index (χ0v) is 45.3. The molecule has 0 bridgehead atoms. The average molecular weight is 962 g/mol. The van der Waals surface area contributed by atoms with E-state index in [1.807, 2.05) is 6.08 Å². The number of rotatable bonds is 52. The maximum atomic E-state index is 12.8. The SMILES string of the molecule is CC/C=C\C/C=C\C/C=C\C/C=C\C/C=C\C/C=C\CCC(=O)OC(COC(=O)CCCCCCCCCCC)COC(=O)CCCCCCCCCCCCC/C=C\CCCCCCCCCC. The molecule has 0 aliphatic rings. The predicted molar refractivity (Wildman–Crippen MR) is 297 cm³/mol. The van der Waals surface area contributed by atoms with Crippen molar-refractivity contribution in [2.75, 3.05) is 13.2 Å². The van der Waals surface area contributed by atoms with Gasteiger partial charge in [0.25, 0.3) is 0 Å². The van der Waals surface area contributed by atoms with E-state index >= 15 is 0 Å². The van der Waals surface area contributed by atoms with Crippen LogP contribution in [0.1, 0.15) is 278 Å². The van der Waals surface area contributed by atoms with Gasteiger partial charge in [-0.25, -0.2) is 0 Å². The van der Waals surface area contributed by atoms with E-state index in [1.165, 1.54) is 154 Å². The molecule has 0 rings (SSSR count). The summed E-state index contributed by atoms with van der Waals surface area (Å²) in [4.78, 5) is 38.0. The summed E-state index contributed by atoms with van der Waals surface area (Å²) in [5.41, 5.74) is 0. The fraction of sp³-hybridized carbons (Fsp3) is 0.730. The summed E-state index contributed by atoms with van der Waals surface area (Å²) in [6.07, 6.45) is 74.6. The second-order valence-corrected chi connectivity index (χ2v) is 19.2. The van der Waals surface area contributed by atoms with E-state index in [9.17, 15) is 14.4 Å². The highest BCUT2D eigenvalue weighted by atomic mass is 16.6. The molecule has 396 valence electrons. The molecule has 0 amide bonds. The molecule has 0 saturated heterocycles. The van der Waals surface area contributed by atoms with Gasteiger partial charge in [-0.15, -0.1) is 0 Å². The Balaban J connectivity index is 4.34. The maximum Gasteiger partial charge on any atom is 0.306 e. The Hall–Kier alpha value is -3.41. The quantitative estimate of drug-likeness (QED) is 0.0262. The van der Waals surface area contributed by atoms with Gasteiger partial charge in [-0.1, -0.05) is 260 Å². The molecule has 6 heteroatoms. The number of esters is 3. The van der Waals surface area contributed by atoms with Gasteiger partial charge in [-0.2, -0.15) is 0 Å². The summed E-state index contributed by atoms with van der Waals surface area (Å²) in [6.45, 7) is 6.46. The Bertz CT molecular complexity index is 1330. The van der Waals surface area contributed by atoms with Crippen LogP contribution in [0.3, 0.4) is 0 Å². The topological polar surface area (TPSA) is 78.9 Å². The molecule has 0 fully saturated rings. The largest absolute Gasteiger partial charge is 0.462 e. The van der Waals surface area contributed by atoms with Gasteiger partial charge in [0.1, 0.15) is 13.2 Å². The van der Waals surface area contributed by atoms with Crippen molar-refractivity contribution in [1.29, 1.82) is 0 Å². The molecule has 1 atom stereocenters. The van der Waals surface area contributed by atoms with Gasteiger partial charge in [0, 0.05) is 19.3 Å². The van der Waals surface area contributed by atoms with Crippen molar-refractivity contribution in [3.63, 3.8) is 0 Å². The van der Waals surface area contributed by atoms with Crippen LogP contribution in [0.2, 0.25) is 0 Å². The van der Waals surface area contributed by atoms with Gasteiger partial charge in [0.15, 0.2) is 6.10 Å². The molecule has 0 aromatic carbocycles. The molecule has 0 radical (unpaired) electrons. The molecule has 6 nitrogen and oxygen atoms in total. The van der Waals surface area contributed by atoms with E-state index in [0.717, 1.165) is 77.0 Å². The number of carbonyl (C=O) groups is 3. The van der Waals surface area contributed by atoms with Crippen molar-refractivity contribution < 1.29 is 28.6 Å². The van der Waals surface area contributed by atoms with Crippen molar-refractivity contribution in [3.05, 3.63) is 85.1 Å². The number of unbranched alkanes of at least 4 members (excludes halogenated alkanes) is 27. The Labute approximate surface area is 426 Å². The molecule has 0 heterocycles. The molecule has 0 aromatic rings. The third-order valence-electron chi connectivity index (χ3n) is 12.4. The van der Waals surface area contributed by atoms with Crippen LogP contribution in [0.5, 0.6) is 0 Å². The standard InChI is InChI=1S/C63H108O6/c1-4-7-10-13-16-19-21-23-25-27-29-30-31-32-34-35-37-39-41-44-47-50-53-56-62(65)68-59-60(58-67-61(64)55-52-49-46-43-18-15-12-9-6-3)69-63(66)57-54-51-48-45-42-40-38-36-33-28-26-24-22-20-17-14-11-8-5-2/h8,11,17,20,24,26-27,29,33,36,40,42,48,51,60H,4-7,9-10,12-16,18-19,21-23,25,28,30-32,34-35,37-39,41,43-47,49-50,52-59H2,1-3H3/b11-8-,20-17-,26-24-,29-27-,36-33-,42-40-,51-48-. The fourth-order valence-electron chi connectivity index (χ4n) is 8.05. The first-order valence-corrected chi connectivity index (χ1v) is 29.1. The average Bonchev–Trinajstić information content (AvgIpc) is 3.35. The molecule has 0 aromatic heterocycles. The number of ether oxygens (including phenoxy) is 3. The van der Waals surface area contributed by atoms with Gasteiger partial charge >= 0.3 is 17.9 Å². The van der Waals surface area contributed by atoms with Crippen molar-refractivity contribution in [1.82, 2.24) is 0 Å². The summed E-state index contributed by atoms with van der Waals surface area (Å²) in [5, 5.41) is 0. The molecule has 0 aliphatic heterocycles. The Morgan fingerprint density at radius 1 is 0.304 bits per heavy atom. The summed E-state index contributed by atoms with van der Waals surface area (Å²) in [7, 11) is 0. The Kier molecular flexibility index (Phi) is 54.3. The fourth-order valence-corrected chi connectivity index (χ4v) is 8.05. The summed E-state index contributed by atoms with van der Waals surface area (Å²) in [6, 6.07) is 0. The first-order chi connectivity index (χ1) is 34.0. The van der Waals surface area contributed by atoms with Crippen LogP contribution < -0.4 is 0 Å². The van der Waals surface area contributed by atoms with E-state index in [0.29, 0.717) is 19.3 Å². The molecule has 0 saturated carbocycles. The minimum Gasteiger partial charge on any atom is -0.462 e. The third-order valence-corrected chi connectivity index (χ3v) is 12.4. The first-order valence-electron chi connectivity index (χ1n) is 29.1. The van der Waals surface area contributed by atoms with Crippen LogP contribution in [-0.4, -0.2) is 37.2 Å². The highest BCUT2D eigenvalue weighted by Crippen LogP contribution is 2.15. The van der Waals surface area contributed by atoms with E-state index in [4.69, 9.17) is 14.2 Å². The van der Waals surface area contributed by atoms with Crippen molar-refractivity contribution in [2.24, 2.45) is 0 Å². The molecule has 1 unspecified atom stereocenters. The van der Waals surface area contributed by atoms with Crippen LogP contribution in [-0.2, 0) is 28.6 Å². The predicted octanol–water partition coefficient (Wildman–Crippen LogP) is 19.5. The molecule has 0 spiro atoms. The van der Waals surface area contributed by atoms with Crippen LogP contribution in [0.25, 0.3) is 0 Å². The normalized spacial score (nSPS) is 12.7. The van der Waals surface area contributed by atoms with E-state index in [2.05, 4.69) is 99.8 Å². The molecule has 69 heavy (non-hydrogen) atoms. The van der Waals surface area contributed by atoms with E-state index < -0.39 is 12.1 Å². The zero-order valence-electron chi connectivity index (χ0n) is 45.3. The summed E-state index contributed by atoms with van der Waals surface area (Å²) >= 11 is 0. The molecule has 0 N–H and O–H groups in total. The number of hydrogen-bond acceptors (Lipinski definition) is 6. The minimum atomic E-state index is -0.815. The van der Waals surface area contributed by atoms with Gasteiger partial charge < -0.3 is 14.2 Å². The monoisotopic (exact) mass is 961 g/mol. The lowest BCUT2D eigenvalue weighted by molar-refractivity contribution is -0.166. The van der Waals surface area contributed by atoms with Crippen molar-refractivity contribution in [2.45, 2.75) is 284 Å². The second-order valence-electron chi connectivity index (χ2n) is 19.2. The van der Waals surface area contributed by atoms with Crippen LogP contribution >= 0.6 is 0 Å². The Morgan fingerprint density at radius 2 is 0.594 bits per heavy atom. The number of allylic oxidation sites excluding steroid dienone is 14. The van der Waals surface area contributed by atoms with Gasteiger partial charge in [0.2, 0.25) is 0 Å². The first kappa shape index (κ1) is 65.6. The van der Waals surface area contributed by atoms with E-state index in [-0.39, 0.29) is 31.6 Å². The van der Waals surface area contributed by atoms with Gasteiger partial charge in [-0.3, -0.25) is 14.4 Å². The molecule has 0 aliphatic carbocycles. The highest BCUT2D eigenvalue weighted by Gasteiger charge is 2.19.